The highest BCUT2D eigenvalue weighted by molar-refractivity contribution is 5.77. The van der Waals surface area contributed by atoms with E-state index in [1.54, 1.807) is 0 Å². The van der Waals surface area contributed by atoms with Gasteiger partial charge in [0.2, 0.25) is 6.29 Å². The number of fused-ring (bicyclic) bond motifs is 3. The summed E-state index contributed by atoms with van der Waals surface area (Å²) >= 11 is 0. The quantitative estimate of drug-likeness (QED) is 0.0437. The number of ether oxygens (including phenoxy) is 10. The second-order valence-electron chi connectivity index (χ2n) is 23.6. The van der Waals surface area contributed by atoms with Gasteiger partial charge in [0.1, 0.15) is 110 Å². The third-order valence-electron chi connectivity index (χ3n) is 19.2. The number of hydrogen-bond acceptors (Lipinski definition) is 27. The molecule has 27 nitrogen and oxygen atoms in total. The first kappa shape index (κ1) is 59.8. The van der Waals surface area contributed by atoms with Crippen molar-refractivity contribution in [2.24, 2.45) is 28.1 Å². The highest BCUT2D eigenvalue weighted by Gasteiger charge is 2.70. The summed E-state index contributed by atoms with van der Waals surface area (Å²) in [5.41, 5.74) is -2.71. The molecule has 0 aromatic carbocycles. The summed E-state index contributed by atoms with van der Waals surface area (Å²) in [5, 5.41) is 171. The fourth-order valence-electron chi connectivity index (χ4n) is 14.9. The normalized spacial score (nSPS) is 55.1. The third kappa shape index (κ3) is 10.3. The first-order valence-electron chi connectivity index (χ1n) is 26.7. The first-order chi connectivity index (χ1) is 36.3. The molecule has 0 unspecified atom stereocenters. The second-order valence-corrected chi connectivity index (χ2v) is 23.6. The Kier molecular flexibility index (Phi) is 17.7. The topological polar surface area (TPSA) is 433 Å². The predicted octanol–water partition coefficient (Wildman–Crippen LogP) is -6.26. The lowest BCUT2D eigenvalue weighted by Gasteiger charge is -2.64. The van der Waals surface area contributed by atoms with Gasteiger partial charge in [0.15, 0.2) is 31.3 Å². The molecule has 442 valence electrons. The van der Waals surface area contributed by atoms with E-state index in [0.717, 1.165) is 0 Å². The Morgan fingerprint density at radius 2 is 0.987 bits per heavy atom. The molecule has 16 N–H and O–H groups in total. The van der Waals surface area contributed by atoms with E-state index in [2.05, 4.69) is 13.5 Å². The second kappa shape index (κ2) is 22.8. The maximum atomic E-state index is 14.9. The van der Waals surface area contributed by atoms with Crippen LogP contribution in [0.5, 0.6) is 0 Å². The minimum absolute atomic E-state index is 0.0497. The zero-order valence-corrected chi connectivity index (χ0v) is 43.1. The molecule has 0 aromatic rings. The summed E-state index contributed by atoms with van der Waals surface area (Å²) in [6.07, 6.45) is -38.3. The van der Waals surface area contributed by atoms with Crippen LogP contribution in [0.1, 0.15) is 78.6 Å². The summed E-state index contributed by atoms with van der Waals surface area (Å²) < 4.78 is 60.5. The third-order valence-corrected chi connectivity index (χ3v) is 19.2. The van der Waals surface area contributed by atoms with Crippen LogP contribution < -0.4 is 0 Å². The van der Waals surface area contributed by atoms with Crippen molar-refractivity contribution in [1.82, 2.24) is 0 Å². The van der Waals surface area contributed by atoms with E-state index in [-0.39, 0.29) is 11.8 Å². The summed E-state index contributed by atoms with van der Waals surface area (Å²) in [6, 6.07) is 0. The maximum Gasteiger partial charge on any atom is 0.314 e. The molecular formula is C50H80O27. The van der Waals surface area contributed by atoms with E-state index in [1.807, 2.05) is 6.92 Å². The number of carbonyl (C=O) groups excluding carboxylic acids is 1. The fraction of sp³-hybridized carbons (Fsp3) is 0.940. The van der Waals surface area contributed by atoms with Crippen LogP contribution in [-0.2, 0) is 52.2 Å². The molecule has 27 heteroatoms. The van der Waals surface area contributed by atoms with Gasteiger partial charge in [0.25, 0.3) is 0 Å². The van der Waals surface area contributed by atoms with Crippen LogP contribution in [0.3, 0.4) is 0 Å². The molecule has 0 aromatic heterocycles. The molecule has 9 fully saturated rings. The van der Waals surface area contributed by atoms with E-state index in [9.17, 15) is 86.5 Å². The van der Waals surface area contributed by atoms with Gasteiger partial charge in [-0.15, -0.1) is 0 Å². The standard InChI is InChI=1S/C50H80O27/c1-18-12-49-10-6-24-47(3,8-5-9-48(24,4)46(67)76-44-39(34(63)29(58)22(15-53)71-44)74-41-35(64)31(60)26(55)19(2)68-41)25(49)7-11-50(18,17-49)77-45-40(75-43-37(66)33(62)28(57)21(14-52)70-43)38(30(59)23(16-54)72-45)73-42-36(65)32(61)27(56)20(13-51)69-42/h19-45,51-66H,1,5-17H2,2-4H3/t19-,20+,21+,22+,23+,24-,25-,26-,27+,28+,29+,30+,31+,32-,33-,34-,35+,36+,37+,38-,39+,40+,41-,42-,43-,44-,45-,47+,48+,49+,50-/m0/s1. The lowest BCUT2D eigenvalue weighted by atomic mass is 9.41. The Bertz CT molecular complexity index is 2060. The summed E-state index contributed by atoms with van der Waals surface area (Å²) in [7, 11) is 0. The molecule has 5 saturated heterocycles. The summed E-state index contributed by atoms with van der Waals surface area (Å²) in [4.78, 5) is 14.9. The van der Waals surface area contributed by atoms with Crippen LogP contribution in [0.2, 0.25) is 0 Å². The number of rotatable bonds is 14. The minimum atomic E-state index is -1.98. The SMILES string of the molecule is C=C1C[C@@]23CC[C@H]4[C@@](C)(CCC[C@@]4(C)C(=O)O[C@@H]4O[C@H](CO)[C@@H](O)[C@H](O)[C@H]4O[C@@H]4O[C@@H](C)[C@H](O)[C@@H](O)[C@H]4O)[C@@H]2CC[C@]1(O[C@@H]1O[C@H](CO)[C@@H](O)[C@H](O[C@@H]2O[C@H](CO)[C@@H](O)[C@H](O)[C@H]2O)[C@H]1O[C@@H]1O[C@H](CO)[C@@H](O)[C@H](O)[C@H]1O)C3. The predicted molar refractivity (Wildman–Crippen MR) is 250 cm³/mol. The smallest absolute Gasteiger partial charge is 0.314 e. The highest BCUT2D eigenvalue weighted by Crippen LogP contribution is 2.74. The number of carbonyl (C=O) groups is 1. The summed E-state index contributed by atoms with van der Waals surface area (Å²) in [6.45, 7) is 6.64. The van der Waals surface area contributed by atoms with Gasteiger partial charge in [-0.2, -0.15) is 0 Å². The van der Waals surface area contributed by atoms with E-state index in [4.69, 9.17) is 47.4 Å². The van der Waals surface area contributed by atoms with Crippen molar-refractivity contribution in [1.29, 1.82) is 0 Å². The minimum Gasteiger partial charge on any atom is -0.432 e. The number of hydrogen-bond donors (Lipinski definition) is 16. The van der Waals surface area contributed by atoms with Gasteiger partial charge in [-0.05, 0) is 93.5 Å². The Morgan fingerprint density at radius 3 is 1.56 bits per heavy atom. The summed E-state index contributed by atoms with van der Waals surface area (Å²) in [5.74, 6) is -1.05. The molecule has 31 atom stereocenters. The van der Waals surface area contributed by atoms with Gasteiger partial charge in [-0.1, -0.05) is 19.9 Å². The van der Waals surface area contributed by atoms with E-state index < -0.39 is 208 Å². The molecule has 4 saturated carbocycles. The molecule has 5 aliphatic heterocycles. The Balaban J connectivity index is 0.969. The van der Waals surface area contributed by atoms with Crippen molar-refractivity contribution in [3.8, 4) is 0 Å². The molecule has 1 spiro atoms. The average molecular weight is 1110 g/mol. The monoisotopic (exact) mass is 1110 g/mol. The van der Waals surface area contributed by atoms with Crippen molar-refractivity contribution in [2.45, 2.75) is 238 Å². The van der Waals surface area contributed by atoms with Crippen LogP contribution in [0.25, 0.3) is 0 Å². The first-order valence-corrected chi connectivity index (χ1v) is 26.7. The fourth-order valence-corrected chi connectivity index (χ4v) is 14.9. The highest BCUT2D eigenvalue weighted by atomic mass is 16.8. The lowest BCUT2D eigenvalue weighted by Crippen LogP contribution is -2.68. The van der Waals surface area contributed by atoms with E-state index in [1.165, 1.54) is 6.92 Å². The maximum absolute atomic E-state index is 14.9. The molecule has 2 bridgehead atoms. The molecule has 4 aliphatic carbocycles. The van der Waals surface area contributed by atoms with Crippen LogP contribution in [0, 0.1) is 28.1 Å². The van der Waals surface area contributed by atoms with Gasteiger partial charge in [0, 0.05) is 0 Å². The lowest BCUT2D eigenvalue weighted by molar-refractivity contribution is -0.400. The van der Waals surface area contributed by atoms with Gasteiger partial charge in [-0.3, -0.25) is 4.79 Å². The Hall–Kier alpha value is -1.79. The van der Waals surface area contributed by atoms with Gasteiger partial charge in [-0.25, -0.2) is 0 Å². The number of esters is 1. The molecule has 0 amide bonds. The zero-order chi connectivity index (χ0) is 56.0. The Morgan fingerprint density at radius 1 is 0.519 bits per heavy atom. The van der Waals surface area contributed by atoms with Crippen molar-refractivity contribution >= 4 is 5.97 Å². The molecular weight excluding hydrogens is 1030 g/mol. The van der Waals surface area contributed by atoms with Crippen molar-refractivity contribution in [3.63, 3.8) is 0 Å². The molecule has 77 heavy (non-hydrogen) atoms. The molecule has 0 radical (unpaired) electrons. The molecule has 5 heterocycles. The van der Waals surface area contributed by atoms with Crippen LogP contribution in [-0.4, -0.2) is 273 Å². The molecule has 9 aliphatic rings. The van der Waals surface area contributed by atoms with E-state index in [0.29, 0.717) is 63.4 Å². The number of aliphatic hydroxyl groups is 16. The van der Waals surface area contributed by atoms with Crippen LogP contribution in [0.15, 0.2) is 12.2 Å². The van der Waals surface area contributed by atoms with Gasteiger partial charge in [0.05, 0.1) is 43.5 Å². The van der Waals surface area contributed by atoms with Crippen LogP contribution in [0.4, 0.5) is 0 Å². The van der Waals surface area contributed by atoms with Crippen molar-refractivity contribution in [3.05, 3.63) is 12.2 Å². The Labute approximate surface area is 443 Å². The van der Waals surface area contributed by atoms with E-state index >= 15 is 0 Å². The number of aliphatic hydroxyl groups excluding tert-OH is 16. The van der Waals surface area contributed by atoms with Gasteiger partial charge >= 0.3 is 5.97 Å². The van der Waals surface area contributed by atoms with Crippen molar-refractivity contribution in [2.75, 3.05) is 26.4 Å². The average Bonchev–Trinajstić information content (AvgIpc) is 3.93. The zero-order valence-electron chi connectivity index (χ0n) is 43.1. The van der Waals surface area contributed by atoms with Crippen molar-refractivity contribution < 1.29 is 134 Å². The largest absolute Gasteiger partial charge is 0.432 e. The molecule has 9 rings (SSSR count). The van der Waals surface area contributed by atoms with Crippen LogP contribution >= 0.6 is 0 Å². The van der Waals surface area contributed by atoms with Gasteiger partial charge < -0.3 is 129 Å².